The molecule has 1 fully saturated rings. The predicted octanol–water partition coefficient (Wildman–Crippen LogP) is 5.51. The van der Waals surface area contributed by atoms with Crippen LogP contribution in [0.25, 0.3) is 0 Å². The van der Waals surface area contributed by atoms with Gasteiger partial charge in [-0.25, -0.2) is 0 Å². The maximum absolute atomic E-state index is 13.0. The number of carbonyl (C=O) groups excluding carboxylic acids is 2. The summed E-state index contributed by atoms with van der Waals surface area (Å²) in [6.07, 6.45) is 19.0. The number of amides is 2. The average molecular weight is 832 g/mol. The first kappa shape index (κ1) is 54.1. The maximum Gasteiger partial charge on any atom is 0.303 e. The summed E-state index contributed by atoms with van der Waals surface area (Å²) < 4.78 is 11.4. The number of hydrogen-bond acceptors (Lipinski definition) is 11. The minimum absolute atomic E-state index is 0.109. The van der Waals surface area contributed by atoms with Gasteiger partial charge in [-0.3, -0.25) is 14.4 Å². The summed E-state index contributed by atoms with van der Waals surface area (Å²) in [6.45, 7) is 3.57. The van der Waals surface area contributed by atoms with Crippen LogP contribution in [0.4, 0.5) is 0 Å². The van der Waals surface area contributed by atoms with Crippen LogP contribution in [0.3, 0.4) is 0 Å². The number of nitrogens with two attached hydrogens (primary N) is 1. The molecule has 0 spiro atoms. The van der Waals surface area contributed by atoms with E-state index in [2.05, 4.69) is 17.6 Å². The summed E-state index contributed by atoms with van der Waals surface area (Å²) in [7, 11) is 0. The molecule has 9 atom stereocenters. The number of rotatable bonds is 38. The number of aliphatic hydroxyl groups excluding tert-OH is 5. The molecule has 14 nitrogen and oxygen atoms in total. The number of nitrogens with one attached hydrogen (secondary N) is 2. The van der Waals surface area contributed by atoms with Gasteiger partial charge in [0.1, 0.15) is 30.5 Å². The van der Waals surface area contributed by atoms with Crippen molar-refractivity contribution >= 4 is 17.8 Å². The summed E-state index contributed by atoms with van der Waals surface area (Å²) in [5.74, 6) is -2.11. The molecule has 0 bridgehead atoms. The van der Waals surface area contributed by atoms with Crippen LogP contribution in [0.15, 0.2) is 0 Å². The van der Waals surface area contributed by atoms with Crippen molar-refractivity contribution in [1.29, 1.82) is 0 Å². The van der Waals surface area contributed by atoms with Gasteiger partial charge in [0.05, 0.1) is 24.8 Å². The van der Waals surface area contributed by atoms with Gasteiger partial charge in [0.2, 0.25) is 11.8 Å². The lowest BCUT2D eigenvalue weighted by atomic mass is 9.98. The Labute approximate surface area is 349 Å². The maximum atomic E-state index is 13.0. The standard InChI is InChI=1S/C44H85N3O11/c1-3-5-7-8-9-10-11-12-13-14-15-16-17-18-19-20-21-22-23-24-26-28-37(49)47-34(39(52)35(48)27-25-6-4-2)32-57-44-42(55)41(54)40(53)36(58-44)31-46-43(56)33(45)29-30-38(50)51/h33-36,39-42,44,48,52-55H,3-32,45H2,1-2H3,(H,46,56)(H,47,49)(H,50,51)/t33-,34-,35+,36+,39-,40-,41-,42+,44-/m0/s1. The molecule has 0 saturated carbocycles. The topological polar surface area (TPSA) is 241 Å². The van der Waals surface area contributed by atoms with Crippen LogP contribution in [0.1, 0.15) is 194 Å². The molecular weight excluding hydrogens is 746 g/mol. The van der Waals surface area contributed by atoms with Gasteiger partial charge in [0.25, 0.3) is 0 Å². The first-order valence-corrected chi connectivity index (χ1v) is 23.1. The number of carboxylic acid groups (broad SMARTS) is 1. The summed E-state index contributed by atoms with van der Waals surface area (Å²) >= 11 is 0. The highest BCUT2D eigenvalue weighted by molar-refractivity contribution is 5.82. The van der Waals surface area contributed by atoms with E-state index in [1.165, 1.54) is 109 Å². The van der Waals surface area contributed by atoms with Crippen molar-refractivity contribution in [2.45, 2.75) is 249 Å². The molecule has 10 N–H and O–H groups in total. The number of hydrogen-bond donors (Lipinski definition) is 9. The summed E-state index contributed by atoms with van der Waals surface area (Å²) in [6, 6.07) is -2.19. The third-order valence-corrected chi connectivity index (χ3v) is 11.4. The molecule has 58 heavy (non-hydrogen) atoms. The van der Waals surface area contributed by atoms with Crippen LogP contribution in [0.2, 0.25) is 0 Å². The van der Waals surface area contributed by atoms with Crippen molar-refractivity contribution in [3.63, 3.8) is 0 Å². The van der Waals surface area contributed by atoms with E-state index < -0.39 is 66.9 Å². The minimum Gasteiger partial charge on any atom is -0.481 e. The van der Waals surface area contributed by atoms with E-state index in [-0.39, 0.29) is 38.3 Å². The molecule has 1 rings (SSSR count). The number of carboxylic acids is 1. The Morgan fingerprint density at radius 2 is 1.10 bits per heavy atom. The fourth-order valence-electron chi connectivity index (χ4n) is 7.43. The molecule has 342 valence electrons. The highest BCUT2D eigenvalue weighted by Gasteiger charge is 2.45. The molecule has 1 aliphatic rings. The van der Waals surface area contributed by atoms with Crippen molar-refractivity contribution in [2.75, 3.05) is 13.2 Å². The zero-order valence-electron chi connectivity index (χ0n) is 36.2. The second kappa shape index (κ2) is 34.8. The van der Waals surface area contributed by atoms with E-state index in [9.17, 15) is 39.9 Å². The number of aliphatic carboxylic acids is 1. The van der Waals surface area contributed by atoms with Crippen molar-refractivity contribution in [1.82, 2.24) is 10.6 Å². The highest BCUT2D eigenvalue weighted by atomic mass is 16.7. The molecule has 0 unspecified atom stereocenters. The van der Waals surface area contributed by atoms with Gasteiger partial charge in [-0.15, -0.1) is 0 Å². The molecule has 1 heterocycles. The lowest BCUT2D eigenvalue weighted by Crippen LogP contribution is -2.62. The molecule has 1 saturated heterocycles. The summed E-state index contributed by atoms with van der Waals surface area (Å²) in [5, 5.41) is 67.5. The van der Waals surface area contributed by atoms with Gasteiger partial charge in [0.15, 0.2) is 6.29 Å². The van der Waals surface area contributed by atoms with Gasteiger partial charge in [-0.2, -0.15) is 0 Å². The summed E-state index contributed by atoms with van der Waals surface area (Å²) in [4.78, 5) is 36.1. The first-order valence-electron chi connectivity index (χ1n) is 23.1. The average Bonchev–Trinajstić information content (AvgIpc) is 3.20. The zero-order valence-corrected chi connectivity index (χ0v) is 36.2. The van der Waals surface area contributed by atoms with Gasteiger partial charge < -0.3 is 56.5 Å². The SMILES string of the molecule is CCCCCCCCCCCCCCCCCCCCCCCC(=O)N[C@@H](CO[C@H]1O[C@H](CNC(=O)[C@@H](N)CCC(=O)O)[C@H](O)[C@H](O)[C@H]1O)[C@H](O)[C@H](O)CCCCC. The molecule has 0 radical (unpaired) electrons. The quantitative estimate of drug-likeness (QED) is 0.0350. The van der Waals surface area contributed by atoms with E-state index in [4.69, 9.17) is 20.3 Å². The molecule has 0 aromatic carbocycles. The molecule has 14 heteroatoms. The Bertz CT molecular complexity index is 1040. The Morgan fingerprint density at radius 1 is 0.638 bits per heavy atom. The smallest absolute Gasteiger partial charge is 0.303 e. The zero-order chi connectivity index (χ0) is 43.0. The largest absolute Gasteiger partial charge is 0.481 e. The number of ether oxygens (including phenoxy) is 2. The second-order valence-electron chi connectivity index (χ2n) is 16.7. The Morgan fingerprint density at radius 3 is 1.59 bits per heavy atom. The summed E-state index contributed by atoms with van der Waals surface area (Å²) in [5.41, 5.74) is 5.74. The second-order valence-corrected chi connectivity index (χ2v) is 16.7. The third kappa shape index (κ3) is 25.7. The predicted molar refractivity (Wildman–Crippen MR) is 226 cm³/mol. The number of unbranched alkanes of at least 4 members (excludes halogenated alkanes) is 22. The Kier molecular flexibility index (Phi) is 32.4. The fourth-order valence-corrected chi connectivity index (χ4v) is 7.43. The van der Waals surface area contributed by atoms with Crippen LogP contribution in [0, 0.1) is 0 Å². The highest BCUT2D eigenvalue weighted by Crippen LogP contribution is 2.23. The molecular formula is C44H85N3O11. The van der Waals surface area contributed by atoms with Crippen LogP contribution in [0.5, 0.6) is 0 Å². The molecule has 1 aliphatic heterocycles. The van der Waals surface area contributed by atoms with Crippen molar-refractivity contribution < 1.29 is 54.5 Å². The van der Waals surface area contributed by atoms with Crippen LogP contribution >= 0.6 is 0 Å². The third-order valence-electron chi connectivity index (χ3n) is 11.4. The van der Waals surface area contributed by atoms with Crippen LogP contribution in [-0.4, -0.2) is 117 Å². The minimum atomic E-state index is -1.72. The number of carbonyl (C=O) groups is 3. The number of aliphatic hydroxyl groups is 5. The van der Waals surface area contributed by atoms with Gasteiger partial charge in [-0.05, 0) is 19.3 Å². The van der Waals surface area contributed by atoms with Crippen molar-refractivity contribution in [3.8, 4) is 0 Å². The van der Waals surface area contributed by atoms with Crippen LogP contribution in [-0.2, 0) is 23.9 Å². The molecule has 0 aromatic rings. The van der Waals surface area contributed by atoms with E-state index in [0.29, 0.717) is 19.3 Å². The van der Waals surface area contributed by atoms with E-state index >= 15 is 0 Å². The molecule has 2 amide bonds. The van der Waals surface area contributed by atoms with Crippen molar-refractivity contribution in [2.24, 2.45) is 5.73 Å². The molecule has 0 aliphatic carbocycles. The van der Waals surface area contributed by atoms with Crippen LogP contribution < -0.4 is 16.4 Å². The van der Waals surface area contributed by atoms with E-state index in [1.807, 2.05) is 6.92 Å². The van der Waals surface area contributed by atoms with Gasteiger partial charge in [-0.1, -0.05) is 162 Å². The van der Waals surface area contributed by atoms with Gasteiger partial charge >= 0.3 is 5.97 Å². The Balaban J connectivity index is 2.41. The lowest BCUT2D eigenvalue weighted by molar-refractivity contribution is -0.297. The molecule has 0 aromatic heterocycles. The fraction of sp³-hybridized carbons (Fsp3) is 0.932. The van der Waals surface area contributed by atoms with E-state index in [1.54, 1.807) is 0 Å². The monoisotopic (exact) mass is 832 g/mol. The van der Waals surface area contributed by atoms with Crippen molar-refractivity contribution in [3.05, 3.63) is 0 Å². The van der Waals surface area contributed by atoms with E-state index in [0.717, 1.165) is 32.1 Å². The Hall–Kier alpha value is -1.91. The normalized spacial score (nSPS) is 21.6. The first-order chi connectivity index (χ1) is 27.9. The lowest BCUT2D eigenvalue weighted by Gasteiger charge is -2.41. The van der Waals surface area contributed by atoms with Gasteiger partial charge in [0, 0.05) is 19.4 Å².